The fourth-order valence-corrected chi connectivity index (χ4v) is 1.82. The summed E-state index contributed by atoms with van der Waals surface area (Å²) in [6, 6.07) is 5.21. The highest BCUT2D eigenvalue weighted by Gasteiger charge is 2.13. The molecule has 0 aliphatic heterocycles. The van der Waals surface area contributed by atoms with Crippen LogP contribution in [0.4, 0.5) is 5.69 Å². The lowest BCUT2D eigenvalue weighted by Gasteiger charge is -2.04. The lowest BCUT2D eigenvalue weighted by atomic mass is 10.1. The van der Waals surface area contributed by atoms with E-state index in [0.717, 1.165) is 11.3 Å². The zero-order chi connectivity index (χ0) is 14.7. The van der Waals surface area contributed by atoms with E-state index in [0.29, 0.717) is 24.0 Å². The zero-order valence-electron chi connectivity index (χ0n) is 11.7. The van der Waals surface area contributed by atoms with Gasteiger partial charge >= 0.3 is 0 Å². The number of hydrogen-bond donors (Lipinski definition) is 1. The molecule has 6 nitrogen and oxygen atoms in total. The summed E-state index contributed by atoms with van der Waals surface area (Å²) in [6.07, 6.45) is 1.60. The van der Waals surface area contributed by atoms with Gasteiger partial charge in [0.15, 0.2) is 0 Å². The van der Waals surface area contributed by atoms with Gasteiger partial charge in [0, 0.05) is 29.8 Å². The van der Waals surface area contributed by atoms with Crippen molar-refractivity contribution in [1.29, 1.82) is 0 Å². The Morgan fingerprint density at radius 2 is 2.20 bits per heavy atom. The number of benzene rings is 1. The first-order valence-corrected chi connectivity index (χ1v) is 6.40. The van der Waals surface area contributed by atoms with Crippen LogP contribution in [0, 0.1) is 17.0 Å². The third-order valence-corrected chi connectivity index (χ3v) is 2.88. The van der Waals surface area contributed by atoms with Crippen LogP contribution >= 0.6 is 0 Å². The normalized spacial score (nSPS) is 11.0. The molecule has 0 spiro atoms. The number of aromatic nitrogens is 1. The maximum Gasteiger partial charge on any atom is 0.272 e. The minimum Gasteiger partial charge on any atom is -0.444 e. The minimum atomic E-state index is -0.396. The van der Waals surface area contributed by atoms with Crippen molar-refractivity contribution in [2.24, 2.45) is 0 Å². The molecule has 2 rings (SSSR count). The van der Waals surface area contributed by atoms with Gasteiger partial charge in [-0.15, -0.1) is 0 Å². The van der Waals surface area contributed by atoms with Gasteiger partial charge in [0.05, 0.1) is 10.6 Å². The molecule has 0 bridgehead atoms. The van der Waals surface area contributed by atoms with Crippen LogP contribution in [0.2, 0.25) is 0 Å². The Hall–Kier alpha value is -2.21. The number of nitro groups is 1. The zero-order valence-corrected chi connectivity index (χ0v) is 11.7. The van der Waals surface area contributed by atoms with Gasteiger partial charge in [-0.1, -0.05) is 13.8 Å². The molecule has 6 heteroatoms. The van der Waals surface area contributed by atoms with E-state index in [9.17, 15) is 10.1 Å². The Morgan fingerprint density at radius 3 is 2.80 bits per heavy atom. The van der Waals surface area contributed by atoms with Crippen LogP contribution in [0.25, 0.3) is 11.5 Å². The summed E-state index contributed by atoms with van der Waals surface area (Å²) in [5.41, 5.74) is 2.24. The molecule has 1 heterocycles. The van der Waals surface area contributed by atoms with E-state index in [1.807, 2.05) is 0 Å². The van der Waals surface area contributed by atoms with Gasteiger partial charge in [-0.05, 0) is 19.1 Å². The molecule has 0 aliphatic rings. The first kappa shape index (κ1) is 14.2. The average molecular weight is 275 g/mol. The van der Waals surface area contributed by atoms with Crippen molar-refractivity contribution in [2.75, 3.05) is 0 Å². The van der Waals surface area contributed by atoms with Crippen LogP contribution in [0.5, 0.6) is 0 Å². The molecule has 1 aromatic heterocycles. The number of aryl methyl sites for hydroxylation is 1. The molecule has 0 radical (unpaired) electrons. The Bertz CT molecular complexity index is 620. The van der Waals surface area contributed by atoms with Gasteiger partial charge in [0.2, 0.25) is 5.89 Å². The predicted octanol–water partition coefficient (Wildman–Crippen LogP) is 3.06. The molecular formula is C14H17N3O3. The van der Waals surface area contributed by atoms with E-state index in [1.165, 1.54) is 6.07 Å². The second kappa shape index (κ2) is 5.83. The third kappa shape index (κ3) is 3.21. The quantitative estimate of drug-likeness (QED) is 0.670. The van der Waals surface area contributed by atoms with E-state index in [4.69, 9.17) is 4.42 Å². The molecule has 0 fully saturated rings. The Labute approximate surface area is 117 Å². The Kier molecular flexibility index (Phi) is 4.14. The largest absolute Gasteiger partial charge is 0.444 e. The average Bonchev–Trinajstić information content (AvgIpc) is 2.84. The van der Waals surface area contributed by atoms with E-state index in [-0.39, 0.29) is 5.69 Å². The Balaban J connectivity index is 2.20. The maximum absolute atomic E-state index is 10.8. The van der Waals surface area contributed by atoms with E-state index < -0.39 is 4.92 Å². The molecule has 0 unspecified atom stereocenters. The Morgan fingerprint density at radius 1 is 1.45 bits per heavy atom. The highest BCUT2D eigenvalue weighted by molar-refractivity contribution is 5.59. The first-order chi connectivity index (χ1) is 9.47. The molecular weight excluding hydrogens is 258 g/mol. The molecule has 0 saturated heterocycles. The van der Waals surface area contributed by atoms with Gasteiger partial charge in [-0.25, -0.2) is 4.98 Å². The number of nitro benzene ring substituents is 1. The SMILES string of the molecule is Cc1cc(-c2nc(CNC(C)C)co2)ccc1[N+](=O)[O-]. The van der Waals surface area contributed by atoms with Crippen molar-refractivity contribution in [3.05, 3.63) is 45.8 Å². The monoisotopic (exact) mass is 275 g/mol. The number of nitrogens with zero attached hydrogens (tertiary/aromatic N) is 2. The molecule has 1 aromatic carbocycles. The van der Waals surface area contributed by atoms with Crippen LogP contribution in [-0.4, -0.2) is 15.9 Å². The van der Waals surface area contributed by atoms with Gasteiger partial charge in [0.25, 0.3) is 5.69 Å². The summed E-state index contributed by atoms with van der Waals surface area (Å²) in [6.45, 7) is 6.44. The first-order valence-electron chi connectivity index (χ1n) is 6.40. The van der Waals surface area contributed by atoms with E-state index in [2.05, 4.69) is 24.1 Å². The van der Waals surface area contributed by atoms with Crippen molar-refractivity contribution in [3.8, 4) is 11.5 Å². The lowest BCUT2D eigenvalue weighted by Crippen LogP contribution is -2.21. The summed E-state index contributed by atoms with van der Waals surface area (Å²) in [4.78, 5) is 14.8. The van der Waals surface area contributed by atoms with Crippen molar-refractivity contribution in [1.82, 2.24) is 10.3 Å². The second-order valence-corrected chi connectivity index (χ2v) is 4.94. The van der Waals surface area contributed by atoms with Gasteiger partial charge in [-0.2, -0.15) is 0 Å². The number of nitrogens with one attached hydrogen (secondary N) is 1. The maximum atomic E-state index is 10.8. The lowest BCUT2D eigenvalue weighted by molar-refractivity contribution is -0.385. The fraction of sp³-hybridized carbons (Fsp3) is 0.357. The highest BCUT2D eigenvalue weighted by atomic mass is 16.6. The van der Waals surface area contributed by atoms with Crippen molar-refractivity contribution < 1.29 is 9.34 Å². The molecule has 0 amide bonds. The smallest absolute Gasteiger partial charge is 0.272 e. The van der Waals surface area contributed by atoms with Crippen molar-refractivity contribution in [2.45, 2.75) is 33.4 Å². The van der Waals surface area contributed by atoms with Crippen LogP contribution in [0.3, 0.4) is 0 Å². The summed E-state index contributed by atoms with van der Waals surface area (Å²) >= 11 is 0. The molecule has 106 valence electrons. The number of oxazole rings is 1. The molecule has 2 aromatic rings. The van der Waals surface area contributed by atoms with Gasteiger partial charge in [0.1, 0.15) is 6.26 Å². The summed E-state index contributed by atoms with van der Waals surface area (Å²) in [5, 5.41) is 14.0. The molecule has 0 atom stereocenters. The molecule has 20 heavy (non-hydrogen) atoms. The van der Waals surface area contributed by atoms with E-state index >= 15 is 0 Å². The van der Waals surface area contributed by atoms with Gasteiger partial charge < -0.3 is 9.73 Å². The van der Waals surface area contributed by atoms with E-state index in [1.54, 1.807) is 25.3 Å². The van der Waals surface area contributed by atoms with Crippen LogP contribution in [-0.2, 0) is 6.54 Å². The van der Waals surface area contributed by atoms with Crippen molar-refractivity contribution >= 4 is 5.69 Å². The summed E-state index contributed by atoms with van der Waals surface area (Å²) < 4.78 is 5.42. The van der Waals surface area contributed by atoms with Crippen LogP contribution in [0.15, 0.2) is 28.9 Å². The predicted molar refractivity (Wildman–Crippen MR) is 75.3 cm³/mol. The standard InChI is InChI=1S/C14H17N3O3/c1-9(2)15-7-12-8-20-14(16-12)11-4-5-13(17(18)19)10(3)6-11/h4-6,8-9,15H,7H2,1-3H3. The number of rotatable bonds is 5. The molecule has 0 aliphatic carbocycles. The molecule has 0 saturated carbocycles. The second-order valence-electron chi connectivity index (χ2n) is 4.94. The summed E-state index contributed by atoms with van der Waals surface area (Å²) in [7, 11) is 0. The van der Waals surface area contributed by atoms with Gasteiger partial charge in [-0.3, -0.25) is 10.1 Å². The van der Waals surface area contributed by atoms with Crippen LogP contribution in [0.1, 0.15) is 25.1 Å². The fourth-order valence-electron chi connectivity index (χ4n) is 1.82. The minimum absolute atomic E-state index is 0.0991. The topological polar surface area (TPSA) is 81.2 Å². The van der Waals surface area contributed by atoms with Crippen LogP contribution < -0.4 is 5.32 Å². The molecule has 1 N–H and O–H groups in total. The summed E-state index contributed by atoms with van der Waals surface area (Å²) in [5.74, 6) is 0.476. The van der Waals surface area contributed by atoms with Crippen molar-refractivity contribution in [3.63, 3.8) is 0 Å². The number of hydrogen-bond acceptors (Lipinski definition) is 5. The third-order valence-electron chi connectivity index (χ3n) is 2.88. The highest BCUT2D eigenvalue weighted by Crippen LogP contribution is 2.25.